The third-order valence-electron chi connectivity index (χ3n) is 5.44. The first-order chi connectivity index (χ1) is 14.8. The molecule has 1 aliphatic rings. The molecule has 0 spiro atoms. The predicted octanol–water partition coefficient (Wildman–Crippen LogP) is 4.44. The number of hydrogen-bond donors (Lipinski definition) is 2. The fraction of sp³-hybridized carbons (Fsp3) is 0.391. The second kappa shape index (κ2) is 11.9. The van der Waals surface area contributed by atoms with Crippen molar-refractivity contribution in [2.45, 2.75) is 31.8 Å². The minimum atomic E-state index is 0. The molecule has 1 aliphatic heterocycles. The molecule has 7 nitrogen and oxygen atoms in total. The van der Waals surface area contributed by atoms with E-state index in [2.05, 4.69) is 31.7 Å². The van der Waals surface area contributed by atoms with Gasteiger partial charge in [-0.2, -0.15) is 0 Å². The van der Waals surface area contributed by atoms with Crippen molar-refractivity contribution < 1.29 is 8.94 Å². The van der Waals surface area contributed by atoms with Crippen LogP contribution in [-0.2, 0) is 6.54 Å². The van der Waals surface area contributed by atoms with Gasteiger partial charge in [0.05, 0.1) is 18.8 Å². The summed E-state index contributed by atoms with van der Waals surface area (Å²) in [6, 6.07) is 16.1. The first kappa shape index (κ1) is 23.3. The van der Waals surface area contributed by atoms with Crippen LogP contribution in [0, 0.1) is 0 Å². The monoisotopic (exact) mass is 535 g/mol. The molecule has 1 fully saturated rings. The SMILES string of the molecule is CN=C(NCc1cc(-c2ccccc2)on1)NCC(c1ccco1)N1CCCCC1.I. The van der Waals surface area contributed by atoms with Crippen molar-refractivity contribution in [3.05, 3.63) is 66.2 Å². The highest BCUT2D eigenvalue weighted by atomic mass is 127. The third-order valence-corrected chi connectivity index (χ3v) is 5.44. The van der Waals surface area contributed by atoms with Crippen LogP contribution >= 0.6 is 24.0 Å². The normalized spacial score (nSPS) is 15.8. The van der Waals surface area contributed by atoms with E-state index in [1.165, 1.54) is 19.3 Å². The van der Waals surface area contributed by atoms with Gasteiger partial charge < -0.3 is 19.6 Å². The summed E-state index contributed by atoms with van der Waals surface area (Å²) in [6.07, 6.45) is 5.52. The van der Waals surface area contributed by atoms with Gasteiger partial charge >= 0.3 is 0 Å². The summed E-state index contributed by atoms with van der Waals surface area (Å²) < 4.78 is 11.2. The summed E-state index contributed by atoms with van der Waals surface area (Å²) in [5.74, 6) is 2.48. The number of furan rings is 1. The van der Waals surface area contributed by atoms with E-state index in [0.29, 0.717) is 6.54 Å². The highest BCUT2D eigenvalue weighted by Crippen LogP contribution is 2.24. The number of guanidine groups is 1. The molecule has 2 N–H and O–H groups in total. The maximum Gasteiger partial charge on any atom is 0.191 e. The lowest BCUT2D eigenvalue weighted by Gasteiger charge is -2.33. The topological polar surface area (TPSA) is 78.8 Å². The Morgan fingerprint density at radius 3 is 2.61 bits per heavy atom. The highest BCUT2D eigenvalue weighted by Gasteiger charge is 2.24. The third kappa shape index (κ3) is 6.33. The zero-order chi connectivity index (χ0) is 20.6. The number of piperidine rings is 1. The van der Waals surface area contributed by atoms with Crippen LogP contribution in [-0.4, -0.2) is 42.7 Å². The van der Waals surface area contributed by atoms with Crippen molar-refractivity contribution in [2.75, 3.05) is 26.7 Å². The molecule has 0 bridgehead atoms. The summed E-state index contributed by atoms with van der Waals surface area (Å²) in [5, 5.41) is 10.9. The van der Waals surface area contributed by atoms with Gasteiger partial charge in [-0.3, -0.25) is 9.89 Å². The quantitative estimate of drug-likeness (QED) is 0.265. The number of aliphatic imine (C=N–C) groups is 1. The Morgan fingerprint density at radius 2 is 1.90 bits per heavy atom. The minimum absolute atomic E-state index is 0. The van der Waals surface area contributed by atoms with Gasteiger partial charge in [0.1, 0.15) is 11.5 Å². The van der Waals surface area contributed by atoms with Crippen LogP contribution in [0.15, 0.2) is 68.7 Å². The lowest BCUT2D eigenvalue weighted by molar-refractivity contribution is 0.146. The number of likely N-dealkylation sites (tertiary alicyclic amines) is 1. The molecule has 3 heterocycles. The van der Waals surface area contributed by atoms with Crippen molar-refractivity contribution in [2.24, 2.45) is 4.99 Å². The number of hydrogen-bond acceptors (Lipinski definition) is 5. The van der Waals surface area contributed by atoms with Gasteiger partial charge in [0.25, 0.3) is 0 Å². The first-order valence-corrected chi connectivity index (χ1v) is 10.6. The molecular weight excluding hydrogens is 505 g/mol. The van der Waals surface area contributed by atoms with Crippen LogP contribution in [0.1, 0.15) is 36.8 Å². The summed E-state index contributed by atoms with van der Waals surface area (Å²) in [5.41, 5.74) is 1.84. The Kier molecular flexibility index (Phi) is 8.96. The minimum Gasteiger partial charge on any atom is -0.468 e. The van der Waals surface area contributed by atoms with E-state index in [4.69, 9.17) is 8.94 Å². The average Bonchev–Trinajstić information content (AvgIpc) is 3.50. The second-order valence-electron chi connectivity index (χ2n) is 7.48. The van der Waals surface area contributed by atoms with Crippen LogP contribution < -0.4 is 10.6 Å². The summed E-state index contributed by atoms with van der Waals surface area (Å²) >= 11 is 0. The van der Waals surface area contributed by atoms with Gasteiger partial charge in [0.2, 0.25) is 0 Å². The molecule has 8 heteroatoms. The maximum atomic E-state index is 5.72. The molecule has 0 saturated carbocycles. The largest absolute Gasteiger partial charge is 0.468 e. The molecular formula is C23H30IN5O2. The zero-order valence-corrected chi connectivity index (χ0v) is 20.1. The Morgan fingerprint density at radius 1 is 1.10 bits per heavy atom. The fourth-order valence-corrected chi connectivity index (χ4v) is 3.84. The molecule has 1 aromatic carbocycles. The first-order valence-electron chi connectivity index (χ1n) is 10.6. The zero-order valence-electron chi connectivity index (χ0n) is 17.8. The van der Waals surface area contributed by atoms with E-state index in [9.17, 15) is 0 Å². The summed E-state index contributed by atoms with van der Waals surface area (Å²) in [7, 11) is 1.77. The van der Waals surface area contributed by atoms with Crippen molar-refractivity contribution >= 4 is 29.9 Å². The maximum absolute atomic E-state index is 5.72. The van der Waals surface area contributed by atoms with Crippen molar-refractivity contribution in [1.82, 2.24) is 20.7 Å². The van der Waals surface area contributed by atoms with Gasteiger partial charge in [0.15, 0.2) is 11.7 Å². The molecule has 0 radical (unpaired) electrons. The Hall–Kier alpha value is -2.33. The summed E-state index contributed by atoms with van der Waals surface area (Å²) in [4.78, 5) is 6.85. The fourth-order valence-electron chi connectivity index (χ4n) is 3.84. The molecule has 1 unspecified atom stereocenters. The molecule has 2 aromatic heterocycles. The van der Waals surface area contributed by atoms with Crippen molar-refractivity contribution in [3.8, 4) is 11.3 Å². The predicted molar refractivity (Wildman–Crippen MR) is 132 cm³/mol. The van der Waals surface area contributed by atoms with Gasteiger partial charge in [-0.15, -0.1) is 24.0 Å². The molecule has 1 atom stereocenters. The highest BCUT2D eigenvalue weighted by molar-refractivity contribution is 14.0. The molecule has 1 saturated heterocycles. The van der Waals surface area contributed by atoms with Gasteiger partial charge in [-0.1, -0.05) is 41.9 Å². The molecule has 166 valence electrons. The number of nitrogens with zero attached hydrogens (tertiary/aromatic N) is 3. The Labute approximate surface area is 200 Å². The molecule has 4 rings (SSSR count). The van der Waals surface area contributed by atoms with Crippen LogP contribution in [0.2, 0.25) is 0 Å². The number of nitrogens with one attached hydrogen (secondary N) is 2. The molecule has 0 aliphatic carbocycles. The van der Waals surface area contributed by atoms with Crippen LogP contribution in [0.3, 0.4) is 0 Å². The molecule has 31 heavy (non-hydrogen) atoms. The average molecular weight is 535 g/mol. The second-order valence-corrected chi connectivity index (χ2v) is 7.48. The number of halogens is 1. The lowest BCUT2D eigenvalue weighted by atomic mass is 10.1. The summed E-state index contributed by atoms with van der Waals surface area (Å²) in [6.45, 7) is 3.45. The van der Waals surface area contributed by atoms with E-state index in [-0.39, 0.29) is 30.0 Å². The van der Waals surface area contributed by atoms with E-state index < -0.39 is 0 Å². The van der Waals surface area contributed by atoms with E-state index in [0.717, 1.165) is 48.4 Å². The Bertz CT molecular complexity index is 921. The number of rotatable bonds is 7. The smallest absolute Gasteiger partial charge is 0.191 e. The van der Waals surface area contributed by atoms with Gasteiger partial charge in [-0.25, -0.2) is 0 Å². The van der Waals surface area contributed by atoms with Gasteiger partial charge in [0, 0.05) is 25.2 Å². The van der Waals surface area contributed by atoms with E-state index >= 15 is 0 Å². The van der Waals surface area contributed by atoms with Crippen LogP contribution in [0.25, 0.3) is 11.3 Å². The molecule has 3 aromatic rings. The van der Waals surface area contributed by atoms with E-state index in [1.807, 2.05) is 42.5 Å². The standard InChI is InChI=1S/C23H29N5O2.HI/c1-24-23(25-16-19-15-22(30-27-19)18-9-4-2-5-10-18)26-17-20(21-11-8-14-29-21)28-12-6-3-7-13-28;/h2,4-5,8-11,14-15,20H,3,6-7,12-13,16-17H2,1H3,(H2,24,25,26);1H. The van der Waals surface area contributed by atoms with Crippen molar-refractivity contribution in [1.29, 1.82) is 0 Å². The Balaban J connectivity index is 0.00000272. The number of aromatic nitrogens is 1. The van der Waals surface area contributed by atoms with Crippen LogP contribution in [0.4, 0.5) is 0 Å². The number of benzene rings is 1. The van der Waals surface area contributed by atoms with Gasteiger partial charge in [-0.05, 0) is 38.1 Å². The van der Waals surface area contributed by atoms with E-state index in [1.54, 1.807) is 13.3 Å². The molecule has 0 amide bonds. The van der Waals surface area contributed by atoms with Crippen molar-refractivity contribution in [3.63, 3.8) is 0 Å². The van der Waals surface area contributed by atoms with Crippen LogP contribution in [0.5, 0.6) is 0 Å². The lowest BCUT2D eigenvalue weighted by Crippen LogP contribution is -2.44.